The minimum Gasteiger partial charge on any atom is -0.486 e. The van der Waals surface area contributed by atoms with Crippen molar-refractivity contribution in [3.05, 3.63) is 22.7 Å². The smallest absolute Gasteiger partial charge is 0.254 e. The second-order valence-corrected chi connectivity index (χ2v) is 4.90. The maximum atomic E-state index is 12.2. The molecule has 0 aliphatic carbocycles. The molecule has 1 amide bonds. The monoisotopic (exact) mass is 269 g/mol. The minimum atomic E-state index is -0.0797. The van der Waals surface area contributed by atoms with E-state index in [1.165, 1.54) is 0 Å². The first-order valence-corrected chi connectivity index (χ1v) is 6.25. The SMILES string of the molecule is CC(C)N(C)C(=O)c1cc(Cl)c2c(c1)OCCO2. The molecule has 0 unspecified atom stereocenters. The van der Waals surface area contributed by atoms with Gasteiger partial charge in [-0.3, -0.25) is 4.79 Å². The van der Waals surface area contributed by atoms with Crippen LogP contribution in [0.15, 0.2) is 12.1 Å². The number of carbonyl (C=O) groups is 1. The Morgan fingerprint density at radius 1 is 1.33 bits per heavy atom. The zero-order valence-corrected chi connectivity index (χ0v) is 11.5. The van der Waals surface area contributed by atoms with Crippen LogP contribution in [0.25, 0.3) is 0 Å². The Morgan fingerprint density at radius 3 is 2.67 bits per heavy atom. The van der Waals surface area contributed by atoms with E-state index in [-0.39, 0.29) is 11.9 Å². The van der Waals surface area contributed by atoms with E-state index < -0.39 is 0 Å². The van der Waals surface area contributed by atoms with Crippen molar-refractivity contribution in [1.29, 1.82) is 0 Å². The van der Waals surface area contributed by atoms with Crippen molar-refractivity contribution in [2.75, 3.05) is 20.3 Å². The lowest BCUT2D eigenvalue weighted by molar-refractivity contribution is 0.0754. The average molecular weight is 270 g/mol. The summed E-state index contributed by atoms with van der Waals surface area (Å²) in [4.78, 5) is 13.8. The average Bonchev–Trinajstić information content (AvgIpc) is 2.36. The molecule has 0 spiro atoms. The molecule has 0 atom stereocenters. The Labute approximate surface area is 111 Å². The topological polar surface area (TPSA) is 38.8 Å². The van der Waals surface area contributed by atoms with Crippen LogP contribution in [-0.2, 0) is 0 Å². The molecule has 1 heterocycles. The number of fused-ring (bicyclic) bond motifs is 1. The van der Waals surface area contributed by atoms with Gasteiger partial charge in [0.25, 0.3) is 5.91 Å². The minimum absolute atomic E-state index is 0.0797. The Balaban J connectivity index is 2.35. The largest absolute Gasteiger partial charge is 0.486 e. The van der Waals surface area contributed by atoms with Gasteiger partial charge in [-0.1, -0.05) is 11.6 Å². The maximum Gasteiger partial charge on any atom is 0.254 e. The molecule has 18 heavy (non-hydrogen) atoms. The Hall–Kier alpha value is -1.42. The lowest BCUT2D eigenvalue weighted by atomic mass is 10.1. The molecular formula is C13H16ClNO3. The Bertz CT molecular complexity index is 474. The molecule has 1 aliphatic rings. The van der Waals surface area contributed by atoms with Crippen molar-refractivity contribution in [1.82, 2.24) is 4.90 Å². The van der Waals surface area contributed by atoms with E-state index in [0.717, 1.165) is 0 Å². The van der Waals surface area contributed by atoms with Crippen LogP contribution >= 0.6 is 11.6 Å². The standard InChI is InChI=1S/C13H16ClNO3/c1-8(2)15(3)13(16)9-6-10(14)12-11(7-9)17-4-5-18-12/h6-8H,4-5H2,1-3H3. The molecule has 1 aromatic carbocycles. The zero-order valence-electron chi connectivity index (χ0n) is 10.7. The van der Waals surface area contributed by atoms with Crippen molar-refractivity contribution in [2.45, 2.75) is 19.9 Å². The third-order valence-electron chi connectivity index (χ3n) is 2.94. The summed E-state index contributed by atoms with van der Waals surface area (Å²) in [5.74, 6) is 0.977. The highest BCUT2D eigenvalue weighted by Crippen LogP contribution is 2.38. The van der Waals surface area contributed by atoms with Crippen LogP contribution in [0, 0.1) is 0 Å². The van der Waals surface area contributed by atoms with Gasteiger partial charge in [-0.25, -0.2) is 0 Å². The summed E-state index contributed by atoms with van der Waals surface area (Å²) in [5.41, 5.74) is 0.514. The molecule has 4 nitrogen and oxygen atoms in total. The third kappa shape index (κ3) is 2.38. The number of hydrogen-bond donors (Lipinski definition) is 0. The van der Waals surface area contributed by atoms with Crippen molar-refractivity contribution < 1.29 is 14.3 Å². The molecule has 0 saturated carbocycles. The predicted octanol–water partition coefficient (Wildman–Crippen LogP) is 2.59. The zero-order chi connectivity index (χ0) is 13.3. The summed E-state index contributed by atoms with van der Waals surface area (Å²) in [6, 6.07) is 3.43. The third-order valence-corrected chi connectivity index (χ3v) is 3.22. The normalized spacial score (nSPS) is 13.6. The van der Waals surface area contributed by atoms with Gasteiger partial charge in [0.1, 0.15) is 13.2 Å². The molecule has 0 saturated heterocycles. The van der Waals surface area contributed by atoms with Crippen LogP contribution in [0.2, 0.25) is 5.02 Å². The summed E-state index contributed by atoms with van der Waals surface area (Å²) in [7, 11) is 1.76. The summed E-state index contributed by atoms with van der Waals surface area (Å²) in [6.45, 7) is 4.86. The highest BCUT2D eigenvalue weighted by Gasteiger charge is 2.21. The van der Waals surface area contributed by atoms with Gasteiger partial charge in [-0.15, -0.1) is 0 Å². The first kappa shape index (κ1) is 13.0. The van der Waals surface area contributed by atoms with E-state index in [4.69, 9.17) is 21.1 Å². The van der Waals surface area contributed by atoms with Crippen LogP contribution in [0.5, 0.6) is 11.5 Å². The molecule has 5 heteroatoms. The van der Waals surface area contributed by atoms with Crippen molar-refractivity contribution in [2.24, 2.45) is 0 Å². The molecule has 0 bridgehead atoms. The number of ether oxygens (including phenoxy) is 2. The number of halogens is 1. The number of benzene rings is 1. The van der Waals surface area contributed by atoms with E-state index in [9.17, 15) is 4.79 Å². The number of nitrogens with zero attached hydrogens (tertiary/aromatic N) is 1. The lowest BCUT2D eigenvalue weighted by Gasteiger charge is -2.24. The quantitative estimate of drug-likeness (QED) is 0.828. The van der Waals surface area contributed by atoms with Gasteiger partial charge in [0.05, 0.1) is 5.02 Å². The predicted molar refractivity (Wildman–Crippen MR) is 69.7 cm³/mol. The van der Waals surface area contributed by atoms with Gasteiger partial charge in [-0.2, -0.15) is 0 Å². The summed E-state index contributed by atoms with van der Waals surface area (Å²) in [6.07, 6.45) is 0. The highest BCUT2D eigenvalue weighted by atomic mass is 35.5. The number of rotatable bonds is 2. The summed E-state index contributed by atoms with van der Waals surface area (Å²) >= 11 is 6.10. The van der Waals surface area contributed by atoms with Gasteiger partial charge in [0.15, 0.2) is 11.5 Å². The highest BCUT2D eigenvalue weighted by molar-refractivity contribution is 6.32. The molecule has 98 valence electrons. The second kappa shape index (κ2) is 5.06. The van der Waals surface area contributed by atoms with Gasteiger partial charge >= 0.3 is 0 Å². The fourth-order valence-corrected chi connectivity index (χ4v) is 1.94. The van der Waals surface area contributed by atoms with E-state index in [1.807, 2.05) is 13.8 Å². The molecule has 0 N–H and O–H groups in total. The molecule has 1 aliphatic heterocycles. The maximum absolute atomic E-state index is 12.2. The molecule has 0 aromatic heterocycles. The van der Waals surface area contributed by atoms with Crippen LogP contribution in [0.1, 0.15) is 24.2 Å². The fraction of sp³-hybridized carbons (Fsp3) is 0.462. The molecule has 0 radical (unpaired) electrons. The van der Waals surface area contributed by atoms with Crippen molar-refractivity contribution >= 4 is 17.5 Å². The van der Waals surface area contributed by atoms with Gasteiger partial charge in [-0.05, 0) is 26.0 Å². The fourth-order valence-electron chi connectivity index (χ4n) is 1.67. The van der Waals surface area contributed by atoms with E-state index >= 15 is 0 Å². The number of carbonyl (C=O) groups excluding carboxylic acids is 1. The molecule has 0 fully saturated rings. The lowest BCUT2D eigenvalue weighted by Crippen LogP contribution is -2.33. The Kier molecular flexibility index (Phi) is 3.66. The van der Waals surface area contributed by atoms with E-state index in [0.29, 0.717) is 35.3 Å². The van der Waals surface area contributed by atoms with E-state index in [2.05, 4.69) is 0 Å². The summed E-state index contributed by atoms with van der Waals surface area (Å²) < 4.78 is 10.9. The van der Waals surface area contributed by atoms with Gasteiger partial charge < -0.3 is 14.4 Å². The molecular weight excluding hydrogens is 254 g/mol. The van der Waals surface area contributed by atoms with Gasteiger partial charge in [0, 0.05) is 18.7 Å². The molecule has 1 aromatic rings. The van der Waals surface area contributed by atoms with E-state index in [1.54, 1.807) is 24.1 Å². The van der Waals surface area contributed by atoms with Crippen LogP contribution in [0.4, 0.5) is 0 Å². The number of hydrogen-bond acceptors (Lipinski definition) is 3. The molecule has 2 rings (SSSR count). The van der Waals surface area contributed by atoms with Crippen molar-refractivity contribution in [3.8, 4) is 11.5 Å². The van der Waals surface area contributed by atoms with Crippen LogP contribution in [0.3, 0.4) is 0 Å². The first-order valence-electron chi connectivity index (χ1n) is 5.87. The van der Waals surface area contributed by atoms with Gasteiger partial charge in [0.2, 0.25) is 0 Å². The Morgan fingerprint density at radius 2 is 2.00 bits per heavy atom. The summed E-state index contributed by atoms with van der Waals surface area (Å²) in [5, 5.41) is 0.410. The van der Waals surface area contributed by atoms with Crippen LogP contribution in [-0.4, -0.2) is 37.1 Å². The number of amides is 1. The second-order valence-electron chi connectivity index (χ2n) is 4.49. The van der Waals surface area contributed by atoms with Crippen molar-refractivity contribution in [3.63, 3.8) is 0 Å². The first-order chi connectivity index (χ1) is 8.50. The van der Waals surface area contributed by atoms with Crippen LogP contribution < -0.4 is 9.47 Å².